The van der Waals surface area contributed by atoms with Gasteiger partial charge < -0.3 is 33.8 Å². The zero-order chi connectivity index (χ0) is 65.6. The molecule has 0 amide bonds. The molecule has 528 valence electrons. The van der Waals surface area contributed by atoms with Crippen molar-refractivity contribution in [3.63, 3.8) is 0 Å². The van der Waals surface area contributed by atoms with Crippen LogP contribution in [0.5, 0.6) is 0 Å². The fourth-order valence-corrected chi connectivity index (χ4v) is 12.2. The molecule has 0 saturated heterocycles. The second kappa shape index (κ2) is 63.5. The lowest BCUT2D eigenvalue weighted by Gasteiger charge is -2.21. The number of hydrogen-bond acceptors (Lipinski definition) is 15. The molecular weight excluding hydrogens is 1170 g/mol. The predicted octanol–water partition coefficient (Wildman–Crippen LogP) is 20.1. The second-order valence-electron chi connectivity index (χ2n) is 25.5. The van der Waals surface area contributed by atoms with Gasteiger partial charge in [0, 0.05) is 25.7 Å². The first-order chi connectivity index (χ1) is 43.1. The minimum absolute atomic E-state index is 0.105. The molecule has 0 aliphatic carbocycles. The van der Waals surface area contributed by atoms with Gasteiger partial charge in [0.1, 0.15) is 19.3 Å². The Morgan fingerprint density at radius 3 is 0.798 bits per heavy atom. The number of aliphatic hydroxyl groups excluding tert-OH is 1. The number of phosphoric acid groups is 2. The van der Waals surface area contributed by atoms with Crippen LogP contribution in [0, 0.1) is 5.92 Å². The number of ether oxygens (including phenoxy) is 4. The predicted molar refractivity (Wildman–Crippen MR) is 358 cm³/mol. The van der Waals surface area contributed by atoms with E-state index in [0.29, 0.717) is 25.7 Å². The number of phosphoric ester groups is 2. The monoisotopic (exact) mass is 1310 g/mol. The maximum Gasteiger partial charge on any atom is 0.472 e. The third-order valence-electron chi connectivity index (χ3n) is 16.6. The highest BCUT2D eigenvalue weighted by molar-refractivity contribution is 7.47. The molecule has 6 atom stereocenters. The van der Waals surface area contributed by atoms with E-state index in [9.17, 15) is 43.2 Å². The lowest BCUT2D eigenvalue weighted by Crippen LogP contribution is -2.30. The van der Waals surface area contributed by atoms with E-state index in [2.05, 4.69) is 34.6 Å². The summed E-state index contributed by atoms with van der Waals surface area (Å²) >= 11 is 0. The van der Waals surface area contributed by atoms with Gasteiger partial charge in [0.15, 0.2) is 12.2 Å². The Morgan fingerprint density at radius 1 is 0.315 bits per heavy atom. The summed E-state index contributed by atoms with van der Waals surface area (Å²) in [4.78, 5) is 72.5. The van der Waals surface area contributed by atoms with Gasteiger partial charge in [-0.25, -0.2) is 9.13 Å². The number of carbonyl (C=O) groups is 4. The first kappa shape index (κ1) is 87.1. The standard InChI is InChI=1S/C70H136O17P2/c1-6-10-13-16-19-22-24-26-27-28-30-32-34-40-45-50-55-69(74)86-66(60-81-68(73)54-49-44-39-33-31-29-25-23-20-17-14-11-7-2)62-85-89(78,79)83-58-64(71)57-82-88(76,77)84-61-65(59-80-67(72)53-48-43-38-21-18-15-12-8-3)87-70(75)56-51-46-41-36-35-37-42-47-52-63(5)9-4/h63-66,71H,6-62H2,1-5H3,(H,76,77)(H,78,79)/t63?,64-,65+,66+/m0/s1. The van der Waals surface area contributed by atoms with E-state index in [4.69, 9.17) is 37.0 Å². The van der Waals surface area contributed by atoms with Crippen molar-refractivity contribution in [1.29, 1.82) is 0 Å². The van der Waals surface area contributed by atoms with Crippen molar-refractivity contribution < 1.29 is 80.2 Å². The zero-order valence-corrected chi connectivity index (χ0v) is 59.4. The number of aliphatic hydroxyl groups is 1. The van der Waals surface area contributed by atoms with Crippen LogP contribution in [0.4, 0.5) is 0 Å². The molecule has 0 aliphatic heterocycles. The summed E-state index contributed by atoms with van der Waals surface area (Å²) in [5, 5.41) is 10.6. The van der Waals surface area contributed by atoms with Crippen LogP contribution in [0.25, 0.3) is 0 Å². The molecule has 0 aromatic carbocycles. The van der Waals surface area contributed by atoms with Crippen molar-refractivity contribution in [2.45, 2.75) is 380 Å². The van der Waals surface area contributed by atoms with Crippen molar-refractivity contribution >= 4 is 39.5 Å². The van der Waals surface area contributed by atoms with E-state index in [-0.39, 0.29) is 25.7 Å². The lowest BCUT2D eigenvalue weighted by molar-refractivity contribution is -0.161. The van der Waals surface area contributed by atoms with Gasteiger partial charge in [0.2, 0.25) is 0 Å². The Hall–Kier alpha value is -1.94. The zero-order valence-electron chi connectivity index (χ0n) is 57.6. The molecule has 0 rings (SSSR count). The van der Waals surface area contributed by atoms with E-state index in [1.54, 1.807) is 0 Å². The molecule has 0 saturated carbocycles. The topological polar surface area (TPSA) is 237 Å². The fraction of sp³-hybridized carbons (Fsp3) is 0.943. The summed E-state index contributed by atoms with van der Waals surface area (Å²) in [6, 6.07) is 0. The van der Waals surface area contributed by atoms with Crippen LogP contribution in [0.3, 0.4) is 0 Å². The summed E-state index contributed by atoms with van der Waals surface area (Å²) < 4.78 is 68.2. The van der Waals surface area contributed by atoms with E-state index >= 15 is 0 Å². The number of rotatable bonds is 70. The SMILES string of the molecule is CCCCCCCCCCCCCCCCCCC(=O)O[C@H](COC(=O)CCCCCCCCCCCCCCC)COP(=O)(O)OC[C@@H](O)COP(=O)(O)OC[C@@H](COC(=O)CCCCCCCCCC)OC(=O)CCCCCCCCCCC(C)CC. The molecular formula is C70H136O17P2. The highest BCUT2D eigenvalue weighted by Crippen LogP contribution is 2.45. The van der Waals surface area contributed by atoms with E-state index in [1.807, 2.05) is 0 Å². The summed E-state index contributed by atoms with van der Waals surface area (Å²) in [5.41, 5.74) is 0. The Bertz CT molecular complexity index is 1720. The molecule has 0 aromatic heterocycles. The number of carbonyl (C=O) groups excluding carboxylic acids is 4. The molecule has 0 aromatic rings. The van der Waals surface area contributed by atoms with Crippen LogP contribution < -0.4 is 0 Å². The minimum Gasteiger partial charge on any atom is -0.462 e. The summed E-state index contributed by atoms with van der Waals surface area (Å²) in [5.74, 6) is -1.35. The molecule has 3 N–H and O–H groups in total. The van der Waals surface area contributed by atoms with Gasteiger partial charge in [-0.15, -0.1) is 0 Å². The maximum absolute atomic E-state index is 13.0. The molecule has 0 aliphatic rings. The van der Waals surface area contributed by atoms with E-state index < -0.39 is 97.5 Å². The van der Waals surface area contributed by atoms with Gasteiger partial charge in [-0.05, 0) is 31.6 Å². The molecule has 3 unspecified atom stereocenters. The largest absolute Gasteiger partial charge is 0.472 e. The van der Waals surface area contributed by atoms with Gasteiger partial charge in [-0.3, -0.25) is 37.3 Å². The summed E-state index contributed by atoms with van der Waals surface area (Å²) in [6.07, 6.45) is 49.9. The quantitative estimate of drug-likeness (QED) is 0.0222. The van der Waals surface area contributed by atoms with Crippen LogP contribution in [-0.2, 0) is 65.4 Å². The lowest BCUT2D eigenvalue weighted by atomic mass is 9.99. The second-order valence-corrected chi connectivity index (χ2v) is 28.4. The average molecular weight is 1310 g/mol. The average Bonchev–Trinajstić information content (AvgIpc) is 3.72. The van der Waals surface area contributed by atoms with E-state index in [0.717, 1.165) is 102 Å². The molecule has 0 fully saturated rings. The highest BCUT2D eigenvalue weighted by Gasteiger charge is 2.30. The van der Waals surface area contributed by atoms with Gasteiger partial charge in [0.25, 0.3) is 0 Å². The molecule has 19 heteroatoms. The smallest absolute Gasteiger partial charge is 0.462 e. The summed E-state index contributed by atoms with van der Waals surface area (Å²) in [6.45, 7) is 7.22. The third-order valence-corrected chi connectivity index (χ3v) is 18.5. The normalized spacial score (nSPS) is 14.4. The van der Waals surface area contributed by atoms with Crippen LogP contribution in [0.15, 0.2) is 0 Å². The Kier molecular flexibility index (Phi) is 62.1. The molecule has 89 heavy (non-hydrogen) atoms. The third kappa shape index (κ3) is 63.2. The van der Waals surface area contributed by atoms with Crippen LogP contribution in [-0.4, -0.2) is 96.7 Å². The Balaban J connectivity index is 5.23. The Morgan fingerprint density at radius 2 is 0.539 bits per heavy atom. The van der Waals surface area contributed by atoms with Gasteiger partial charge >= 0.3 is 39.5 Å². The summed E-state index contributed by atoms with van der Waals surface area (Å²) in [7, 11) is -9.90. The van der Waals surface area contributed by atoms with Crippen molar-refractivity contribution in [1.82, 2.24) is 0 Å². The highest BCUT2D eigenvalue weighted by atomic mass is 31.2. The van der Waals surface area contributed by atoms with E-state index in [1.165, 1.54) is 180 Å². The van der Waals surface area contributed by atoms with Crippen molar-refractivity contribution in [3.8, 4) is 0 Å². The number of esters is 4. The fourth-order valence-electron chi connectivity index (χ4n) is 10.6. The van der Waals surface area contributed by atoms with Crippen LogP contribution in [0.2, 0.25) is 0 Å². The molecule has 0 bridgehead atoms. The molecule has 0 heterocycles. The van der Waals surface area contributed by atoms with Crippen molar-refractivity contribution in [2.75, 3.05) is 39.6 Å². The van der Waals surface area contributed by atoms with Gasteiger partial charge in [-0.2, -0.15) is 0 Å². The number of hydrogen-bond donors (Lipinski definition) is 3. The van der Waals surface area contributed by atoms with Gasteiger partial charge in [0.05, 0.1) is 26.4 Å². The first-order valence-electron chi connectivity index (χ1n) is 36.7. The van der Waals surface area contributed by atoms with Crippen molar-refractivity contribution in [2.24, 2.45) is 5.92 Å². The maximum atomic E-state index is 13.0. The molecule has 0 spiro atoms. The minimum atomic E-state index is -4.95. The Labute approximate surface area is 543 Å². The van der Waals surface area contributed by atoms with Crippen LogP contribution in [0.1, 0.15) is 362 Å². The van der Waals surface area contributed by atoms with Gasteiger partial charge in [-0.1, -0.05) is 311 Å². The first-order valence-corrected chi connectivity index (χ1v) is 39.7. The molecule has 0 radical (unpaired) electrons. The van der Waals surface area contributed by atoms with Crippen LogP contribution >= 0.6 is 15.6 Å². The molecule has 17 nitrogen and oxygen atoms in total. The van der Waals surface area contributed by atoms with Crippen molar-refractivity contribution in [3.05, 3.63) is 0 Å². The number of unbranched alkanes of at least 4 members (excludes halogenated alkanes) is 41.